The smallest absolute Gasteiger partial charge is 0.475 e. The second kappa shape index (κ2) is 9.90. The summed E-state index contributed by atoms with van der Waals surface area (Å²) in [5.74, 6) is -3.21. The maximum Gasteiger partial charge on any atom is 0.490 e. The molecule has 1 saturated heterocycles. The van der Waals surface area contributed by atoms with Crippen molar-refractivity contribution in [1.29, 1.82) is 0 Å². The Morgan fingerprint density at radius 2 is 1.76 bits per heavy atom. The molecule has 0 atom stereocenters. The first-order valence-electron chi connectivity index (χ1n) is 10.6. The lowest BCUT2D eigenvalue weighted by atomic mass is 10.1. The SMILES string of the molecule is Cc1ccc(C(=O)N2Cc3c(CN4CCCCC4)nn(C)c3C2)cc1F.O=C(O)C(F)(F)F. The van der Waals surface area contributed by atoms with Gasteiger partial charge in [-0.15, -0.1) is 0 Å². The highest BCUT2D eigenvalue weighted by molar-refractivity contribution is 5.94. The first-order chi connectivity index (χ1) is 15.5. The van der Waals surface area contributed by atoms with E-state index in [1.54, 1.807) is 24.0 Å². The normalized spacial score (nSPS) is 16.2. The molecule has 0 saturated carbocycles. The third-order valence-electron chi connectivity index (χ3n) is 5.82. The minimum atomic E-state index is -5.08. The first kappa shape index (κ1) is 24.7. The van der Waals surface area contributed by atoms with E-state index in [4.69, 9.17) is 15.0 Å². The van der Waals surface area contributed by atoms with Gasteiger partial charge in [0.05, 0.1) is 24.5 Å². The van der Waals surface area contributed by atoms with Gasteiger partial charge in [-0.3, -0.25) is 14.4 Å². The second-order valence-corrected chi connectivity index (χ2v) is 8.26. The van der Waals surface area contributed by atoms with Crippen LogP contribution in [0.4, 0.5) is 17.6 Å². The summed E-state index contributed by atoms with van der Waals surface area (Å²) in [4.78, 5) is 25.9. The molecule has 0 bridgehead atoms. The van der Waals surface area contributed by atoms with Gasteiger partial charge in [0, 0.05) is 24.7 Å². The Morgan fingerprint density at radius 1 is 1.12 bits per heavy atom. The molecule has 1 aromatic carbocycles. The van der Waals surface area contributed by atoms with Crippen molar-refractivity contribution in [1.82, 2.24) is 19.6 Å². The van der Waals surface area contributed by atoms with Crippen LogP contribution in [0.1, 0.15) is 52.1 Å². The maximum absolute atomic E-state index is 13.8. The monoisotopic (exact) mass is 470 g/mol. The molecule has 1 N–H and O–H groups in total. The largest absolute Gasteiger partial charge is 0.490 e. The molecule has 2 aliphatic rings. The molecule has 2 aliphatic heterocycles. The number of benzene rings is 1. The number of nitrogens with zero attached hydrogens (tertiary/aromatic N) is 4. The van der Waals surface area contributed by atoms with Crippen molar-refractivity contribution in [2.45, 2.75) is 52.0 Å². The number of carboxylic acid groups (broad SMARTS) is 1. The summed E-state index contributed by atoms with van der Waals surface area (Å²) in [5.41, 5.74) is 4.30. The number of aryl methyl sites for hydroxylation is 2. The van der Waals surface area contributed by atoms with Crippen molar-refractivity contribution in [2.75, 3.05) is 13.1 Å². The Kier molecular flexibility index (Phi) is 7.41. The van der Waals surface area contributed by atoms with Crippen molar-refractivity contribution in [2.24, 2.45) is 7.05 Å². The number of fused-ring (bicyclic) bond motifs is 1. The standard InChI is InChI=1S/C20H25FN4O.C2HF3O2/c1-14-6-7-15(10-17(14)21)20(26)25-11-16-18(22-23(2)19(16)13-25)12-24-8-4-3-5-9-24;3-2(4,5)1(6)7/h6-7,10H,3-5,8-9,11-13H2,1-2H3;(H,6,7). The summed E-state index contributed by atoms with van der Waals surface area (Å²) in [6.45, 7) is 5.89. The van der Waals surface area contributed by atoms with Crippen molar-refractivity contribution in [3.63, 3.8) is 0 Å². The Hall–Kier alpha value is -2.95. The van der Waals surface area contributed by atoms with Crippen molar-refractivity contribution < 1.29 is 32.3 Å². The molecule has 1 amide bonds. The van der Waals surface area contributed by atoms with Gasteiger partial charge >= 0.3 is 12.1 Å². The highest BCUT2D eigenvalue weighted by Crippen LogP contribution is 2.28. The van der Waals surface area contributed by atoms with Gasteiger partial charge in [-0.05, 0) is 50.6 Å². The highest BCUT2D eigenvalue weighted by atomic mass is 19.4. The summed E-state index contributed by atoms with van der Waals surface area (Å²) >= 11 is 0. The van der Waals surface area contributed by atoms with Crippen LogP contribution in [0, 0.1) is 12.7 Å². The Balaban J connectivity index is 0.000000383. The number of carboxylic acids is 1. The van der Waals surface area contributed by atoms with Crippen LogP contribution in [-0.2, 0) is 31.5 Å². The topological polar surface area (TPSA) is 78.7 Å². The average Bonchev–Trinajstić information content (AvgIpc) is 3.31. The first-order valence-corrected chi connectivity index (χ1v) is 10.6. The summed E-state index contributed by atoms with van der Waals surface area (Å²) in [6.07, 6.45) is -1.27. The third-order valence-corrected chi connectivity index (χ3v) is 5.82. The van der Waals surface area contributed by atoms with Crippen LogP contribution < -0.4 is 0 Å². The van der Waals surface area contributed by atoms with E-state index in [2.05, 4.69) is 4.90 Å². The lowest BCUT2D eigenvalue weighted by Gasteiger charge is -2.26. The van der Waals surface area contributed by atoms with E-state index < -0.39 is 12.1 Å². The molecule has 4 rings (SSSR count). The minimum absolute atomic E-state index is 0.121. The minimum Gasteiger partial charge on any atom is -0.475 e. The number of rotatable bonds is 3. The number of likely N-dealkylation sites (tertiary alicyclic amines) is 1. The predicted octanol–water partition coefficient (Wildman–Crippen LogP) is 3.64. The number of carbonyl (C=O) groups is 2. The zero-order valence-electron chi connectivity index (χ0n) is 18.5. The molecule has 3 heterocycles. The average molecular weight is 470 g/mol. The molecular weight excluding hydrogens is 444 g/mol. The molecule has 0 radical (unpaired) electrons. The van der Waals surface area contributed by atoms with Gasteiger partial charge < -0.3 is 10.0 Å². The van der Waals surface area contributed by atoms with E-state index in [1.807, 2.05) is 11.7 Å². The van der Waals surface area contributed by atoms with Crippen LogP contribution in [0.2, 0.25) is 0 Å². The number of carbonyl (C=O) groups excluding carboxylic acids is 1. The Labute approximate surface area is 188 Å². The molecule has 0 spiro atoms. The van der Waals surface area contributed by atoms with Gasteiger partial charge in [0.25, 0.3) is 5.91 Å². The quantitative estimate of drug-likeness (QED) is 0.693. The van der Waals surface area contributed by atoms with Crippen LogP contribution >= 0.6 is 0 Å². The summed E-state index contributed by atoms with van der Waals surface area (Å²) in [5, 5.41) is 11.8. The van der Waals surface area contributed by atoms with Crippen LogP contribution in [0.25, 0.3) is 0 Å². The predicted molar refractivity (Wildman–Crippen MR) is 111 cm³/mol. The molecular formula is C22H26F4N4O3. The van der Waals surface area contributed by atoms with E-state index in [9.17, 15) is 22.4 Å². The number of alkyl halides is 3. The number of piperidine rings is 1. The molecule has 1 fully saturated rings. The third kappa shape index (κ3) is 5.89. The number of amides is 1. The molecule has 11 heteroatoms. The van der Waals surface area contributed by atoms with Crippen molar-refractivity contribution in [3.8, 4) is 0 Å². The number of hydrogen-bond donors (Lipinski definition) is 1. The number of halogens is 4. The van der Waals surface area contributed by atoms with Crippen LogP contribution in [-0.4, -0.2) is 55.8 Å². The zero-order valence-corrected chi connectivity index (χ0v) is 18.5. The van der Waals surface area contributed by atoms with E-state index in [-0.39, 0.29) is 11.7 Å². The van der Waals surface area contributed by atoms with Crippen molar-refractivity contribution in [3.05, 3.63) is 52.1 Å². The Bertz CT molecular complexity index is 1030. The number of aliphatic carboxylic acids is 1. The van der Waals surface area contributed by atoms with Gasteiger partial charge in [-0.25, -0.2) is 9.18 Å². The second-order valence-electron chi connectivity index (χ2n) is 8.26. The zero-order chi connectivity index (χ0) is 24.3. The molecule has 33 heavy (non-hydrogen) atoms. The summed E-state index contributed by atoms with van der Waals surface area (Å²) in [7, 11) is 1.94. The van der Waals surface area contributed by atoms with Crippen molar-refractivity contribution >= 4 is 11.9 Å². The fraction of sp³-hybridized carbons (Fsp3) is 0.500. The molecule has 0 aliphatic carbocycles. The van der Waals surface area contributed by atoms with E-state index >= 15 is 0 Å². The highest BCUT2D eigenvalue weighted by Gasteiger charge is 2.38. The fourth-order valence-electron chi connectivity index (χ4n) is 3.98. The Morgan fingerprint density at radius 3 is 2.33 bits per heavy atom. The van der Waals surface area contributed by atoms with Gasteiger partial charge in [0.2, 0.25) is 0 Å². The van der Waals surface area contributed by atoms with Gasteiger partial charge in [-0.1, -0.05) is 12.5 Å². The maximum atomic E-state index is 13.8. The van der Waals surface area contributed by atoms with E-state index in [1.165, 1.54) is 30.9 Å². The molecule has 1 aromatic heterocycles. The lowest BCUT2D eigenvalue weighted by Crippen LogP contribution is -2.30. The summed E-state index contributed by atoms with van der Waals surface area (Å²) < 4.78 is 47.5. The molecule has 0 unspecified atom stereocenters. The molecule has 2 aromatic rings. The van der Waals surface area contributed by atoms with Crippen LogP contribution in [0.15, 0.2) is 18.2 Å². The fourth-order valence-corrected chi connectivity index (χ4v) is 3.98. The number of hydrogen-bond acceptors (Lipinski definition) is 4. The van der Waals surface area contributed by atoms with Crippen LogP contribution in [0.3, 0.4) is 0 Å². The van der Waals surface area contributed by atoms with E-state index in [0.717, 1.165) is 31.0 Å². The van der Waals surface area contributed by atoms with Gasteiger partial charge in [-0.2, -0.15) is 18.3 Å². The van der Waals surface area contributed by atoms with Gasteiger partial charge in [0.15, 0.2) is 0 Å². The molecule has 7 nitrogen and oxygen atoms in total. The lowest BCUT2D eigenvalue weighted by molar-refractivity contribution is -0.192. The molecule has 180 valence electrons. The van der Waals surface area contributed by atoms with E-state index in [0.29, 0.717) is 24.2 Å². The number of aromatic nitrogens is 2. The van der Waals surface area contributed by atoms with Gasteiger partial charge in [0.1, 0.15) is 5.82 Å². The van der Waals surface area contributed by atoms with Crippen LogP contribution in [0.5, 0.6) is 0 Å². The summed E-state index contributed by atoms with van der Waals surface area (Å²) in [6, 6.07) is 4.71.